The van der Waals surface area contributed by atoms with Gasteiger partial charge in [-0.3, -0.25) is 4.79 Å². The van der Waals surface area contributed by atoms with E-state index in [1.807, 2.05) is 11.8 Å². The third-order valence-electron chi connectivity index (χ3n) is 4.03. The quantitative estimate of drug-likeness (QED) is 0.778. The lowest BCUT2D eigenvalue weighted by atomic mass is 9.94. The number of carbonyl (C=O) groups is 1. The number of rotatable bonds is 5. The highest BCUT2D eigenvalue weighted by molar-refractivity contribution is 7.99. The fourth-order valence-corrected chi connectivity index (χ4v) is 3.60. The molecule has 4 N–H and O–H groups in total. The number of hydrogen-bond acceptors (Lipinski definition) is 4. The van der Waals surface area contributed by atoms with Gasteiger partial charge in [-0.1, -0.05) is 18.6 Å². The number of amides is 1. The Labute approximate surface area is 130 Å². The van der Waals surface area contributed by atoms with E-state index in [9.17, 15) is 9.90 Å². The molecular formula is C16H24N2O2S. The number of carbonyl (C=O) groups excluding carboxylic acids is 1. The van der Waals surface area contributed by atoms with E-state index in [1.54, 1.807) is 24.3 Å². The van der Waals surface area contributed by atoms with Crippen LogP contribution in [0, 0.1) is 0 Å². The number of nitrogens with one attached hydrogen (secondary N) is 1. The predicted molar refractivity (Wildman–Crippen MR) is 87.5 cm³/mol. The molecule has 1 aliphatic rings. The number of hydrogen-bond donors (Lipinski definition) is 3. The highest BCUT2D eigenvalue weighted by Gasteiger charge is 2.24. The van der Waals surface area contributed by atoms with Gasteiger partial charge >= 0.3 is 0 Å². The number of aromatic hydroxyl groups is 1. The summed E-state index contributed by atoms with van der Waals surface area (Å²) >= 11 is 1.88. The summed E-state index contributed by atoms with van der Waals surface area (Å²) in [6.07, 6.45) is 7.13. The molecule has 1 amide bonds. The zero-order valence-electron chi connectivity index (χ0n) is 12.4. The van der Waals surface area contributed by atoms with Crippen molar-refractivity contribution in [2.75, 3.05) is 6.26 Å². The summed E-state index contributed by atoms with van der Waals surface area (Å²) in [6.45, 7) is 0. The van der Waals surface area contributed by atoms with Crippen LogP contribution < -0.4 is 11.1 Å². The summed E-state index contributed by atoms with van der Waals surface area (Å²) < 4.78 is 0. The maximum Gasteiger partial charge on any atom is 0.237 e. The number of benzene rings is 1. The van der Waals surface area contributed by atoms with E-state index in [4.69, 9.17) is 5.73 Å². The third-order valence-corrected chi connectivity index (χ3v) is 5.13. The Hall–Kier alpha value is -1.20. The average Bonchev–Trinajstić information content (AvgIpc) is 2.49. The third kappa shape index (κ3) is 4.93. The molecule has 2 rings (SSSR count). The molecule has 4 nitrogen and oxygen atoms in total. The molecule has 1 fully saturated rings. The maximum atomic E-state index is 12.2. The monoisotopic (exact) mass is 308 g/mol. The normalized spacial score (nSPS) is 23.5. The van der Waals surface area contributed by atoms with Crippen molar-refractivity contribution in [1.29, 1.82) is 0 Å². The minimum absolute atomic E-state index is 0.0742. The Morgan fingerprint density at radius 1 is 1.43 bits per heavy atom. The number of nitrogens with two attached hydrogens (primary N) is 1. The summed E-state index contributed by atoms with van der Waals surface area (Å²) in [7, 11) is 0. The standard InChI is InChI=1S/C16H24N2O2S/c1-21-14-4-2-3-12(10-14)18-16(20)15(17)9-11-5-7-13(19)8-6-11/h5-8,12,14-15,19H,2-4,9-10,17H2,1H3,(H,18,20). The number of phenols is 1. The second-order valence-electron chi connectivity index (χ2n) is 5.71. The molecule has 0 saturated heterocycles. The molecule has 0 aromatic heterocycles. The van der Waals surface area contributed by atoms with Gasteiger partial charge in [-0.25, -0.2) is 0 Å². The lowest BCUT2D eigenvalue weighted by Crippen LogP contribution is -2.48. The van der Waals surface area contributed by atoms with Crippen LogP contribution in [-0.2, 0) is 11.2 Å². The van der Waals surface area contributed by atoms with Crippen LogP contribution in [0.4, 0.5) is 0 Å². The van der Waals surface area contributed by atoms with Crippen molar-refractivity contribution in [2.45, 2.75) is 49.4 Å². The molecule has 3 atom stereocenters. The maximum absolute atomic E-state index is 12.2. The molecule has 0 bridgehead atoms. The van der Waals surface area contributed by atoms with Gasteiger partial charge < -0.3 is 16.2 Å². The van der Waals surface area contributed by atoms with Crippen LogP contribution in [0.15, 0.2) is 24.3 Å². The van der Waals surface area contributed by atoms with E-state index in [0.717, 1.165) is 18.4 Å². The Morgan fingerprint density at radius 3 is 2.81 bits per heavy atom. The SMILES string of the molecule is CSC1CCCC(NC(=O)C(N)Cc2ccc(O)cc2)C1. The van der Waals surface area contributed by atoms with E-state index in [1.165, 1.54) is 12.8 Å². The fourth-order valence-electron chi connectivity index (χ4n) is 2.78. The summed E-state index contributed by atoms with van der Waals surface area (Å²) in [4.78, 5) is 12.2. The van der Waals surface area contributed by atoms with Gasteiger partial charge in [0.25, 0.3) is 0 Å². The summed E-state index contributed by atoms with van der Waals surface area (Å²) in [5, 5.41) is 13.0. The van der Waals surface area contributed by atoms with Crippen LogP contribution in [0.3, 0.4) is 0 Å². The Kier molecular flexibility index (Phi) is 5.94. The first kappa shape index (κ1) is 16.2. The highest BCUT2D eigenvalue weighted by atomic mass is 32.2. The van der Waals surface area contributed by atoms with E-state index in [0.29, 0.717) is 11.7 Å². The van der Waals surface area contributed by atoms with Crippen molar-refractivity contribution in [1.82, 2.24) is 5.32 Å². The molecule has 0 heterocycles. The average molecular weight is 308 g/mol. The molecule has 1 aromatic carbocycles. The van der Waals surface area contributed by atoms with Gasteiger partial charge in [-0.15, -0.1) is 0 Å². The molecule has 1 aliphatic carbocycles. The van der Waals surface area contributed by atoms with Gasteiger partial charge in [0.05, 0.1) is 6.04 Å². The van der Waals surface area contributed by atoms with Crippen LogP contribution in [0.2, 0.25) is 0 Å². The van der Waals surface area contributed by atoms with E-state index >= 15 is 0 Å². The fraction of sp³-hybridized carbons (Fsp3) is 0.562. The lowest BCUT2D eigenvalue weighted by molar-refractivity contribution is -0.123. The molecule has 5 heteroatoms. The van der Waals surface area contributed by atoms with Crippen molar-refractivity contribution < 1.29 is 9.90 Å². The van der Waals surface area contributed by atoms with Gasteiger partial charge in [-0.2, -0.15) is 11.8 Å². The molecular weight excluding hydrogens is 284 g/mol. The summed E-state index contributed by atoms with van der Waals surface area (Å²) in [6, 6.07) is 6.55. The van der Waals surface area contributed by atoms with Gasteiger partial charge in [0, 0.05) is 11.3 Å². The zero-order valence-corrected chi connectivity index (χ0v) is 13.2. The smallest absolute Gasteiger partial charge is 0.237 e. The van der Waals surface area contributed by atoms with Crippen LogP contribution in [0.1, 0.15) is 31.2 Å². The van der Waals surface area contributed by atoms with Crippen LogP contribution >= 0.6 is 11.8 Å². The topological polar surface area (TPSA) is 75.4 Å². The van der Waals surface area contributed by atoms with Gasteiger partial charge in [0.2, 0.25) is 5.91 Å². The number of thioether (sulfide) groups is 1. The minimum Gasteiger partial charge on any atom is -0.508 e. The van der Waals surface area contributed by atoms with Crippen LogP contribution in [0.25, 0.3) is 0 Å². The summed E-state index contributed by atoms with van der Waals surface area (Å²) in [5.41, 5.74) is 6.95. The lowest BCUT2D eigenvalue weighted by Gasteiger charge is -2.29. The van der Waals surface area contributed by atoms with E-state index in [2.05, 4.69) is 11.6 Å². The highest BCUT2D eigenvalue weighted by Crippen LogP contribution is 2.26. The molecule has 116 valence electrons. The van der Waals surface area contributed by atoms with Crippen molar-refractivity contribution in [2.24, 2.45) is 5.73 Å². The van der Waals surface area contributed by atoms with E-state index < -0.39 is 6.04 Å². The molecule has 0 spiro atoms. The molecule has 21 heavy (non-hydrogen) atoms. The van der Waals surface area contributed by atoms with Crippen LogP contribution in [-0.4, -0.2) is 34.6 Å². The largest absolute Gasteiger partial charge is 0.508 e. The first-order chi connectivity index (χ1) is 10.1. The molecule has 3 unspecified atom stereocenters. The molecule has 1 aromatic rings. The first-order valence-electron chi connectivity index (χ1n) is 7.45. The molecule has 0 aliphatic heterocycles. The van der Waals surface area contributed by atoms with Crippen molar-refractivity contribution in [3.63, 3.8) is 0 Å². The zero-order chi connectivity index (χ0) is 15.2. The van der Waals surface area contributed by atoms with Gasteiger partial charge in [-0.05, 0) is 49.6 Å². The Morgan fingerprint density at radius 2 is 2.14 bits per heavy atom. The summed E-state index contributed by atoms with van der Waals surface area (Å²) in [5.74, 6) is 0.150. The molecule has 0 radical (unpaired) electrons. The van der Waals surface area contributed by atoms with Gasteiger partial charge in [0.15, 0.2) is 0 Å². The second-order valence-corrected chi connectivity index (χ2v) is 6.84. The Bertz CT molecular complexity index is 464. The van der Waals surface area contributed by atoms with Crippen LogP contribution in [0.5, 0.6) is 5.75 Å². The van der Waals surface area contributed by atoms with Crippen molar-refractivity contribution in [3.8, 4) is 5.75 Å². The Balaban J connectivity index is 1.83. The minimum atomic E-state index is -0.538. The predicted octanol–water partition coefficient (Wildman–Crippen LogP) is 2.05. The van der Waals surface area contributed by atoms with Gasteiger partial charge in [0.1, 0.15) is 5.75 Å². The first-order valence-corrected chi connectivity index (χ1v) is 8.74. The van der Waals surface area contributed by atoms with E-state index in [-0.39, 0.29) is 17.7 Å². The van der Waals surface area contributed by atoms with Crippen molar-refractivity contribution in [3.05, 3.63) is 29.8 Å². The number of phenolic OH excluding ortho intramolecular Hbond substituents is 1. The van der Waals surface area contributed by atoms with Crippen molar-refractivity contribution >= 4 is 17.7 Å². The molecule has 1 saturated carbocycles. The second kappa shape index (κ2) is 7.71.